The fourth-order valence-electron chi connectivity index (χ4n) is 3.95. The molecule has 0 unspecified atom stereocenters. The van der Waals surface area contributed by atoms with Gasteiger partial charge in [0.15, 0.2) is 17.4 Å². The van der Waals surface area contributed by atoms with Crippen LogP contribution in [0.5, 0.6) is 5.75 Å². The summed E-state index contributed by atoms with van der Waals surface area (Å²) in [5.41, 5.74) is -0.713. The molecule has 1 aromatic carbocycles. The lowest BCUT2D eigenvalue weighted by Gasteiger charge is -2.44. The van der Waals surface area contributed by atoms with Crippen LogP contribution >= 0.6 is 11.3 Å². The number of rotatable bonds is 4. The lowest BCUT2D eigenvalue weighted by atomic mass is 9.97. The summed E-state index contributed by atoms with van der Waals surface area (Å²) >= 11 is 1.45. The van der Waals surface area contributed by atoms with Gasteiger partial charge in [0.25, 0.3) is 5.91 Å². The number of nitrogens with zero attached hydrogens (tertiary/aromatic N) is 6. The smallest absolute Gasteiger partial charge is 0.330 e. The SMILES string of the molecule is CC(C)(C)OC(=O)Cn1nnc(-c2cnc(N3CCC4(CC3)NC(=O)c3ccccc3O4)s2)n1. The zero-order valence-electron chi connectivity index (χ0n) is 19.1. The zero-order chi connectivity index (χ0) is 23.9. The molecule has 1 N–H and O–H groups in total. The Balaban J connectivity index is 1.22. The van der Waals surface area contributed by atoms with Crippen LogP contribution in [0.1, 0.15) is 44.0 Å². The van der Waals surface area contributed by atoms with Gasteiger partial charge in [-0.1, -0.05) is 23.5 Å². The number of hydrogen-bond acceptors (Lipinski definition) is 10. The molecular weight excluding hydrogens is 458 g/mol. The number of piperidine rings is 1. The van der Waals surface area contributed by atoms with Gasteiger partial charge in [-0.05, 0) is 38.1 Å². The van der Waals surface area contributed by atoms with Crippen molar-refractivity contribution in [3.8, 4) is 16.5 Å². The summed E-state index contributed by atoms with van der Waals surface area (Å²) in [7, 11) is 0. The van der Waals surface area contributed by atoms with Crippen molar-refractivity contribution in [2.45, 2.75) is 51.5 Å². The number of carbonyl (C=O) groups excluding carboxylic acids is 2. The maximum atomic E-state index is 12.5. The Morgan fingerprint density at radius 3 is 2.79 bits per heavy atom. The second-order valence-corrected chi connectivity index (χ2v) is 10.3. The first kappa shape index (κ1) is 22.3. The van der Waals surface area contributed by atoms with Gasteiger partial charge in [-0.2, -0.15) is 4.80 Å². The number of thiazole rings is 1. The van der Waals surface area contributed by atoms with E-state index in [0.29, 0.717) is 43.1 Å². The second-order valence-electron chi connectivity index (χ2n) is 9.27. The summed E-state index contributed by atoms with van der Waals surface area (Å²) < 4.78 is 11.5. The Morgan fingerprint density at radius 2 is 2.03 bits per heavy atom. The Hall–Kier alpha value is -3.54. The number of hydrogen-bond donors (Lipinski definition) is 1. The van der Waals surface area contributed by atoms with E-state index in [-0.39, 0.29) is 12.5 Å². The van der Waals surface area contributed by atoms with Crippen LogP contribution in [0.2, 0.25) is 0 Å². The highest BCUT2D eigenvalue weighted by Crippen LogP contribution is 2.36. The number of amides is 1. The first-order chi connectivity index (χ1) is 16.2. The first-order valence-corrected chi connectivity index (χ1v) is 11.8. The maximum absolute atomic E-state index is 12.5. The summed E-state index contributed by atoms with van der Waals surface area (Å²) in [6.45, 7) is 6.65. The average molecular weight is 484 g/mol. The number of nitrogens with one attached hydrogen (secondary N) is 1. The Morgan fingerprint density at radius 1 is 1.26 bits per heavy atom. The summed E-state index contributed by atoms with van der Waals surface area (Å²) in [6, 6.07) is 7.29. The minimum absolute atomic E-state index is 0.104. The van der Waals surface area contributed by atoms with Crippen molar-refractivity contribution in [2.75, 3.05) is 18.0 Å². The Bertz CT molecular complexity index is 1220. The minimum Gasteiger partial charge on any atom is -0.467 e. The van der Waals surface area contributed by atoms with Crippen molar-refractivity contribution in [3.05, 3.63) is 36.0 Å². The summed E-state index contributed by atoms with van der Waals surface area (Å²) in [4.78, 5) is 33.2. The van der Waals surface area contributed by atoms with Gasteiger partial charge in [0.1, 0.15) is 11.4 Å². The molecule has 3 aromatic rings. The second kappa shape index (κ2) is 8.35. The van der Waals surface area contributed by atoms with Crippen molar-refractivity contribution in [1.29, 1.82) is 0 Å². The van der Waals surface area contributed by atoms with Gasteiger partial charge in [0, 0.05) is 25.9 Å². The monoisotopic (exact) mass is 483 g/mol. The van der Waals surface area contributed by atoms with Crippen molar-refractivity contribution in [1.82, 2.24) is 30.5 Å². The average Bonchev–Trinajstić information content (AvgIpc) is 3.43. The molecule has 0 radical (unpaired) electrons. The standard InChI is InChI=1S/C22H25N7O4S/c1-21(2,3)33-17(30)13-29-26-18(25-27-29)16-12-23-20(34-16)28-10-8-22(9-11-28)24-19(31)14-6-4-5-7-15(14)32-22/h4-7,12H,8-11,13H2,1-3H3,(H,24,31). The molecule has 11 nitrogen and oxygen atoms in total. The van der Waals surface area contributed by atoms with Crippen LogP contribution in [-0.4, -0.2) is 61.5 Å². The molecule has 4 heterocycles. The quantitative estimate of drug-likeness (QED) is 0.556. The van der Waals surface area contributed by atoms with Crippen molar-refractivity contribution in [3.63, 3.8) is 0 Å². The van der Waals surface area contributed by atoms with Crippen LogP contribution in [0.4, 0.5) is 5.13 Å². The molecule has 0 atom stereocenters. The number of tetrazole rings is 1. The van der Waals surface area contributed by atoms with Gasteiger partial charge >= 0.3 is 5.97 Å². The number of esters is 1. The Labute approximate surface area is 200 Å². The molecule has 0 saturated carbocycles. The molecule has 1 spiro atoms. The summed E-state index contributed by atoms with van der Waals surface area (Å²) in [5.74, 6) is 0.493. The van der Waals surface area contributed by atoms with E-state index in [9.17, 15) is 9.59 Å². The van der Waals surface area contributed by atoms with Crippen molar-refractivity contribution < 1.29 is 19.1 Å². The highest BCUT2D eigenvalue weighted by Gasteiger charge is 2.42. The van der Waals surface area contributed by atoms with Crippen molar-refractivity contribution >= 4 is 28.3 Å². The summed E-state index contributed by atoms with van der Waals surface area (Å²) in [5, 5.41) is 16.2. The number of anilines is 1. The molecule has 0 bridgehead atoms. The molecule has 178 valence electrons. The molecule has 1 amide bonds. The van der Waals surface area contributed by atoms with E-state index in [0.717, 1.165) is 10.0 Å². The number of ether oxygens (including phenoxy) is 2. The maximum Gasteiger partial charge on any atom is 0.330 e. The molecule has 1 fully saturated rings. The normalized spacial score (nSPS) is 17.1. The van der Waals surface area contributed by atoms with Crippen LogP contribution in [0.3, 0.4) is 0 Å². The highest BCUT2D eigenvalue weighted by molar-refractivity contribution is 7.18. The third kappa shape index (κ3) is 4.58. The number of aromatic nitrogens is 5. The van der Waals surface area contributed by atoms with E-state index in [1.165, 1.54) is 16.1 Å². The van der Waals surface area contributed by atoms with E-state index in [1.54, 1.807) is 33.0 Å². The minimum atomic E-state index is -0.700. The largest absolute Gasteiger partial charge is 0.467 e. The molecule has 2 aromatic heterocycles. The van der Waals surface area contributed by atoms with E-state index in [2.05, 4.69) is 30.6 Å². The van der Waals surface area contributed by atoms with Gasteiger partial charge in [0.2, 0.25) is 5.82 Å². The number of fused-ring (bicyclic) bond motifs is 1. The number of para-hydroxylation sites is 1. The van der Waals surface area contributed by atoms with Gasteiger partial charge in [0.05, 0.1) is 16.6 Å². The molecule has 5 rings (SSSR count). The van der Waals surface area contributed by atoms with Crippen LogP contribution in [-0.2, 0) is 16.1 Å². The topological polar surface area (TPSA) is 124 Å². The van der Waals surface area contributed by atoms with Gasteiger partial charge in [-0.25, -0.2) is 9.78 Å². The van der Waals surface area contributed by atoms with Gasteiger partial charge in [-0.3, -0.25) is 4.79 Å². The third-order valence-electron chi connectivity index (χ3n) is 5.48. The van der Waals surface area contributed by atoms with Gasteiger partial charge < -0.3 is 19.7 Å². The zero-order valence-corrected chi connectivity index (χ0v) is 20.0. The van der Waals surface area contributed by atoms with Crippen LogP contribution in [0, 0.1) is 0 Å². The molecule has 0 aliphatic carbocycles. The molecule has 12 heteroatoms. The molecule has 2 aliphatic rings. The van der Waals surface area contributed by atoms with Crippen LogP contribution < -0.4 is 15.0 Å². The third-order valence-corrected chi connectivity index (χ3v) is 6.53. The number of benzene rings is 1. The molecular formula is C22H25N7O4S. The summed E-state index contributed by atoms with van der Waals surface area (Å²) in [6.07, 6.45) is 2.97. The van der Waals surface area contributed by atoms with E-state index < -0.39 is 17.3 Å². The highest BCUT2D eigenvalue weighted by atomic mass is 32.1. The fourth-order valence-corrected chi connectivity index (χ4v) is 4.84. The van der Waals surface area contributed by atoms with E-state index >= 15 is 0 Å². The lowest BCUT2D eigenvalue weighted by molar-refractivity contribution is -0.156. The molecule has 1 saturated heterocycles. The predicted molar refractivity (Wildman–Crippen MR) is 123 cm³/mol. The Kier molecular flexibility index (Phi) is 5.47. The van der Waals surface area contributed by atoms with Crippen molar-refractivity contribution in [2.24, 2.45) is 0 Å². The van der Waals surface area contributed by atoms with Gasteiger partial charge in [-0.15, -0.1) is 10.2 Å². The van der Waals surface area contributed by atoms with E-state index in [1.807, 2.05) is 18.2 Å². The molecule has 2 aliphatic heterocycles. The molecule has 34 heavy (non-hydrogen) atoms. The lowest BCUT2D eigenvalue weighted by Crippen LogP contribution is -2.61. The number of carbonyl (C=O) groups is 2. The fraction of sp³-hybridized carbons (Fsp3) is 0.455. The first-order valence-electron chi connectivity index (χ1n) is 11.0. The predicted octanol–water partition coefficient (Wildman–Crippen LogP) is 2.26. The van der Waals surface area contributed by atoms with Crippen LogP contribution in [0.15, 0.2) is 30.5 Å². The van der Waals surface area contributed by atoms with Crippen LogP contribution in [0.25, 0.3) is 10.7 Å². The van der Waals surface area contributed by atoms with E-state index in [4.69, 9.17) is 9.47 Å².